The number of halogens is 5. The number of alkyl halides is 4. The minimum atomic E-state index is -4.89. The van der Waals surface area contributed by atoms with Gasteiger partial charge in [0.15, 0.2) is 5.84 Å². The highest BCUT2D eigenvalue weighted by atomic mass is 35.5. The molecule has 0 atom stereocenters. The fourth-order valence-electron chi connectivity index (χ4n) is 1.31. The van der Waals surface area contributed by atoms with E-state index in [-0.39, 0.29) is 5.88 Å². The van der Waals surface area contributed by atoms with Crippen LogP contribution < -0.4 is 10.9 Å². The molecule has 0 aromatic heterocycles. The third-order valence-corrected chi connectivity index (χ3v) is 3.49. The summed E-state index contributed by atoms with van der Waals surface area (Å²) in [7, 11) is 0. The lowest BCUT2D eigenvalue weighted by molar-refractivity contribution is -0.126. The molecule has 2 N–H and O–H groups in total. The Morgan fingerprint density at radius 2 is 1.77 bits per heavy atom. The third-order valence-electron chi connectivity index (χ3n) is 2.57. The van der Waals surface area contributed by atoms with E-state index in [4.69, 9.17) is 23.2 Å². The molecule has 122 valence electrons. The molecule has 0 saturated carbocycles. The molecule has 0 bridgehead atoms. The monoisotopic (exact) mass is 355 g/mol. The summed E-state index contributed by atoms with van der Waals surface area (Å²) in [5.41, 5.74) is 3.87. The van der Waals surface area contributed by atoms with Crippen LogP contribution in [-0.4, -0.2) is 23.8 Å². The van der Waals surface area contributed by atoms with Gasteiger partial charge < -0.3 is 0 Å². The highest BCUT2D eigenvalue weighted by Crippen LogP contribution is 2.22. The predicted octanol–water partition coefficient (Wildman–Crippen LogP) is 4.01. The summed E-state index contributed by atoms with van der Waals surface area (Å²) in [4.78, 5) is 14.6. The summed E-state index contributed by atoms with van der Waals surface area (Å²) in [5.74, 6) is -1.87. The van der Waals surface area contributed by atoms with Gasteiger partial charge in [-0.15, -0.1) is 24.8 Å². The Labute approximate surface area is 135 Å². The molecular weight excluding hydrogens is 342 g/mol. The molecule has 0 fully saturated rings. The van der Waals surface area contributed by atoms with Crippen LogP contribution >= 0.6 is 23.2 Å². The molecule has 0 heterocycles. The van der Waals surface area contributed by atoms with Crippen molar-refractivity contribution in [1.82, 2.24) is 5.43 Å². The number of rotatable bonds is 5. The van der Waals surface area contributed by atoms with Crippen molar-refractivity contribution in [1.29, 1.82) is 0 Å². The van der Waals surface area contributed by atoms with Crippen molar-refractivity contribution < 1.29 is 18.0 Å². The second kappa shape index (κ2) is 7.19. The van der Waals surface area contributed by atoms with Crippen LogP contribution in [0.15, 0.2) is 29.3 Å². The number of ketones is 1. The van der Waals surface area contributed by atoms with Crippen LogP contribution in [0.1, 0.15) is 13.8 Å². The van der Waals surface area contributed by atoms with Gasteiger partial charge in [-0.1, -0.05) is 25.4 Å². The van der Waals surface area contributed by atoms with E-state index in [0.717, 1.165) is 0 Å². The van der Waals surface area contributed by atoms with Gasteiger partial charge in [-0.3, -0.25) is 15.6 Å². The summed E-state index contributed by atoms with van der Waals surface area (Å²) in [6, 6.07) is 6.13. The smallest absolute Gasteiger partial charge is 0.300 e. The Morgan fingerprint density at radius 1 is 1.23 bits per heavy atom. The SMILES string of the molecule is CC(C)(CCl)C(=O)C(=NC(F)(F)F)NNc1ccc(Cl)cc1. The fraction of sp³-hybridized carbons (Fsp3) is 0.385. The van der Waals surface area contributed by atoms with Crippen molar-refractivity contribution >= 4 is 40.5 Å². The van der Waals surface area contributed by atoms with Crippen molar-refractivity contribution in [2.24, 2.45) is 10.4 Å². The van der Waals surface area contributed by atoms with Gasteiger partial charge in [0.05, 0.1) is 5.69 Å². The molecule has 4 nitrogen and oxygen atoms in total. The van der Waals surface area contributed by atoms with Crippen LogP contribution in [0.25, 0.3) is 0 Å². The second-order valence-corrected chi connectivity index (χ2v) is 5.74. The van der Waals surface area contributed by atoms with E-state index in [9.17, 15) is 18.0 Å². The van der Waals surface area contributed by atoms with Crippen LogP contribution in [0.3, 0.4) is 0 Å². The van der Waals surface area contributed by atoms with E-state index in [2.05, 4.69) is 15.8 Å². The average Bonchev–Trinajstić information content (AvgIpc) is 2.43. The van der Waals surface area contributed by atoms with E-state index < -0.39 is 23.3 Å². The molecule has 0 radical (unpaired) electrons. The molecule has 22 heavy (non-hydrogen) atoms. The van der Waals surface area contributed by atoms with E-state index in [1.54, 1.807) is 0 Å². The number of hydrogen-bond acceptors (Lipinski definition) is 3. The maximum absolute atomic E-state index is 12.5. The lowest BCUT2D eigenvalue weighted by Crippen LogP contribution is -2.44. The molecule has 0 spiro atoms. The zero-order chi connectivity index (χ0) is 17.0. The predicted molar refractivity (Wildman–Crippen MR) is 81.2 cm³/mol. The molecule has 1 aromatic rings. The Bertz CT molecular complexity index is 557. The number of nitrogens with one attached hydrogen (secondary N) is 2. The second-order valence-electron chi connectivity index (χ2n) is 5.03. The molecule has 0 saturated heterocycles. The van der Waals surface area contributed by atoms with E-state index in [0.29, 0.717) is 10.7 Å². The van der Waals surface area contributed by atoms with Gasteiger partial charge in [-0.25, -0.2) is 0 Å². The standard InChI is InChI=1S/C13H14Cl2F3N3O/c1-12(2,7-14)10(22)11(19-13(16,17)18)21-20-9-5-3-8(15)4-6-9/h3-6,20H,7H2,1-2H3,(H,19,21). The normalized spacial score (nSPS) is 13.0. The number of anilines is 1. The molecule has 0 amide bonds. The minimum Gasteiger partial charge on any atom is -0.300 e. The summed E-state index contributed by atoms with van der Waals surface area (Å²) < 4.78 is 37.4. The number of hydrogen-bond donors (Lipinski definition) is 2. The van der Waals surface area contributed by atoms with Crippen LogP contribution in [-0.2, 0) is 4.79 Å². The van der Waals surface area contributed by atoms with Crippen molar-refractivity contribution in [2.45, 2.75) is 20.1 Å². The largest absolute Gasteiger partial charge is 0.505 e. The number of Topliss-reactive ketones (excluding diaryl/α,β-unsaturated/α-hetero) is 1. The average molecular weight is 356 g/mol. The minimum absolute atomic E-state index is 0.147. The maximum atomic E-state index is 12.5. The molecule has 0 aliphatic rings. The molecule has 1 aromatic carbocycles. The van der Waals surface area contributed by atoms with Gasteiger partial charge in [-0.05, 0) is 24.3 Å². The Morgan fingerprint density at radius 3 is 2.23 bits per heavy atom. The lowest BCUT2D eigenvalue weighted by atomic mass is 9.90. The number of benzene rings is 1. The van der Waals surface area contributed by atoms with Crippen LogP contribution in [0.5, 0.6) is 0 Å². The van der Waals surface area contributed by atoms with Gasteiger partial charge in [0.1, 0.15) is 0 Å². The summed E-state index contributed by atoms with van der Waals surface area (Å²) in [6.07, 6.45) is -4.89. The Hall–Kier alpha value is -1.47. The maximum Gasteiger partial charge on any atom is 0.505 e. The molecule has 1 rings (SSSR count). The first-order valence-electron chi connectivity index (χ1n) is 6.10. The quantitative estimate of drug-likeness (QED) is 0.276. The summed E-state index contributed by atoms with van der Waals surface area (Å²) in [6.45, 7) is 2.86. The van der Waals surface area contributed by atoms with E-state index >= 15 is 0 Å². The van der Waals surface area contributed by atoms with Gasteiger partial charge >= 0.3 is 6.30 Å². The van der Waals surface area contributed by atoms with E-state index in [1.807, 2.05) is 0 Å². The summed E-state index contributed by atoms with van der Waals surface area (Å²) in [5, 5.41) is 0.467. The first-order valence-corrected chi connectivity index (χ1v) is 7.01. The summed E-state index contributed by atoms with van der Waals surface area (Å²) >= 11 is 11.3. The van der Waals surface area contributed by atoms with Crippen LogP contribution in [0.4, 0.5) is 18.9 Å². The topological polar surface area (TPSA) is 53.5 Å². The van der Waals surface area contributed by atoms with Crippen molar-refractivity contribution in [3.63, 3.8) is 0 Å². The first-order chi connectivity index (χ1) is 10.0. The van der Waals surface area contributed by atoms with Crippen LogP contribution in [0.2, 0.25) is 5.02 Å². The molecule has 0 aliphatic heterocycles. The van der Waals surface area contributed by atoms with Gasteiger partial charge in [-0.2, -0.15) is 4.99 Å². The number of amidine groups is 1. The zero-order valence-electron chi connectivity index (χ0n) is 11.8. The highest BCUT2D eigenvalue weighted by Gasteiger charge is 2.35. The number of carbonyl (C=O) groups excluding carboxylic acids is 1. The molecule has 9 heteroatoms. The highest BCUT2D eigenvalue weighted by molar-refractivity contribution is 6.42. The molecular formula is C13H14Cl2F3N3O. The zero-order valence-corrected chi connectivity index (χ0v) is 13.3. The first kappa shape index (κ1) is 18.6. The number of nitrogens with zero attached hydrogens (tertiary/aromatic N) is 1. The number of carbonyl (C=O) groups is 1. The van der Waals surface area contributed by atoms with E-state index in [1.165, 1.54) is 38.1 Å². The molecule has 0 aliphatic carbocycles. The fourth-order valence-corrected chi connectivity index (χ4v) is 1.56. The molecule has 0 unspecified atom stereocenters. The Balaban J connectivity index is 2.95. The van der Waals surface area contributed by atoms with Crippen molar-refractivity contribution in [2.75, 3.05) is 11.3 Å². The van der Waals surface area contributed by atoms with Crippen molar-refractivity contribution in [3.8, 4) is 0 Å². The van der Waals surface area contributed by atoms with Gasteiger partial charge in [0.2, 0.25) is 5.78 Å². The lowest BCUT2D eigenvalue weighted by Gasteiger charge is -2.22. The van der Waals surface area contributed by atoms with Crippen molar-refractivity contribution in [3.05, 3.63) is 29.3 Å². The third kappa shape index (κ3) is 5.73. The number of aliphatic imine (C=N–C) groups is 1. The van der Waals surface area contributed by atoms with Gasteiger partial charge in [0, 0.05) is 16.3 Å². The number of hydrazine groups is 1. The van der Waals surface area contributed by atoms with Crippen LogP contribution in [0, 0.1) is 5.41 Å². The Kier molecular flexibility index (Phi) is 6.08. The van der Waals surface area contributed by atoms with Gasteiger partial charge in [0.25, 0.3) is 0 Å².